The molecule has 0 fully saturated rings. The summed E-state index contributed by atoms with van der Waals surface area (Å²) in [5, 5.41) is 0.438. The van der Waals surface area contributed by atoms with Crippen LogP contribution in [0.15, 0.2) is 63.5 Å². The minimum absolute atomic E-state index is 0.284. The molecule has 1 aliphatic heterocycles. The van der Waals surface area contributed by atoms with Crippen molar-refractivity contribution in [1.29, 1.82) is 0 Å². The number of rotatable bonds is 7. The van der Waals surface area contributed by atoms with Crippen molar-refractivity contribution in [3.8, 4) is 11.5 Å². The van der Waals surface area contributed by atoms with E-state index in [0.29, 0.717) is 49.3 Å². The van der Waals surface area contributed by atoms with Crippen LogP contribution in [0.4, 0.5) is 0 Å². The van der Waals surface area contributed by atoms with Gasteiger partial charge in [-0.3, -0.25) is 9.36 Å². The number of ether oxygens (including phenoxy) is 3. The van der Waals surface area contributed by atoms with Gasteiger partial charge in [-0.1, -0.05) is 53.3 Å². The average Bonchev–Trinajstić information content (AvgIpc) is 3.13. The number of carbonyl (C=O) groups is 1. The molecule has 0 radical (unpaired) electrons. The topological polar surface area (TPSA) is 79.1 Å². The van der Waals surface area contributed by atoms with Gasteiger partial charge >= 0.3 is 5.97 Å². The molecule has 0 bridgehead atoms. The molecule has 7 nitrogen and oxygen atoms in total. The van der Waals surface area contributed by atoms with Crippen molar-refractivity contribution in [2.45, 2.75) is 39.8 Å². The molecule has 0 spiro atoms. The second kappa shape index (κ2) is 10.7. The van der Waals surface area contributed by atoms with Crippen LogP contribution in [-0.2, 0) is 9.53 Å². The zero-order chi connectivity index (χ0) is 26.0. The van der Waals surface area contributed by atoms with Gasteiger partial charge in [-0.15, -0.1) is 0 Å². The third kappa shape index (κ3) is 4.83. The fourth-order valence-corrected chi connectivity index (χ4v) is 5.38. The fraction of sp³-hybridized carbons (Fsp3) is 0.296. The first kappa shape index (κ1) is 25.7. The maximum atomic E-state index is 13.8. The number of hydrogen-bond donors (Lipinski definition) is 0. The molecule has 2 heterocycles. The molecular weight excluding hydrogens is 500 g/mol. The number of nitrogens with zero attached hydrogens (tertiary/aromatic N) is 2. The van der Waals surface area contributed by atoms with Crippen LogP contribution in [0, 0.1) is 0 Å². The highest BCUT2D eigenvalue weighted by molar-refractivity contribution is 7.07. The Balaban J connectivity index is 1.97. The van der Waals surface area contributed by atoms with E-state index in [1.807, 2.05) is 25.1 Å². The molecule has 2 aromatic carbocycles. The first-order valence-electron chi connectivity index (χ1n) is 11.5. The fourth-order valence-electron chi connectivity index (χ4n) is 4.10. The molecule has 1 atom stereocenters. The van der Waals surface area contributed by atoms with Gasteiger partial charge in [0.2, 0.25) is 0 Å². The van der Waals surface area contributed by atoms with E-state index in [1.54, 1.807) is 58.2 Å². The number of allylic oxidation sites excluding steroid dienone is 1. The number of hydrogen-bond acceptors (Lipinski definition) is 7. The molecule has 36 heavy (non-hydrogen) atoms. The summed E-state index contributed by atoms with van der Waals surface area (Å²) in [5.74, 6) is 0.590. The zero-order valence-corrected chi connectivity index (χ0v) is 22.3. The standard InChI is InChI=1S/C27H27ClN2O5S/c1-6-34-24-17(10-9-13-20(24)33-5)14-21-25(31)30-23(18-11-7-8-12-19(18)28)22(26(32)35-15(2)3)16(4)29-27(30)36-21/h7-15,23H,6H2,1-5H3. The lowest BCUT2D eigenvalue weighted by Crippen LogP contribution is -2.40. The third-order valence-corrected chi connectivity index (χ3v) is 6.92. The Kier molecular flexibility index (Phi) is 7.66. The predicted molar refractivity (Wildman–Crippen MR) is 141 cm³/mol. The molecule has 0 saturated carbocycles. The lowest BCUT2D eigenvalue weighted by molar-refractivity contribution is -0.143. The van der Waals surface area contributed by atoms with E-state index < -0.39 is 12.0 Å². The van der Waals surface area contributed by atoms with Gasteiger partial charge in [-0.25, -0.2) is 9.79 Å². The Morgan fingerprint density at radius 2 is 1.97 bits per heavy atom. The van der Waals surface area contributed by atoms with Crippen molar-refractivity contribution in [1.82, 2.24) is 4.57 Å². The summed E-state index contributed by atoms with van der Waals surface area (Å²) in [4.78, 5) is 32.1. The SMILES string of the molecule is CCOc1c(C=c2sc3n(c2=O)C(c2ccccc2Cl)C(C(=O)OC(C)C)=C(C)N=3)cccc1OC. The number of halogens is 1. The van der Waals surface area contributed by atoms with Crippen LogP contribution in [0.2, 0.25) is 5.02 Å². The van der Waals surface area contributed by atoms with E-state index in [9.17, 15) is 9.59 Å². The van der Waals surface area contributed by atoms with Crippen molar-refractivity contribution in [2.75, 3.05) is 13.7 Å². The molecular formula is C27H27ClN2O5S. The van der Waals surface area contributed by atoms with E-state index in [2.05, 4.69) is 4.99 Å². The lowest BCUT2D eigenvalue weighted by atomic mass is 9.96. The van der Waals surface area contributed by atoms with Crippen LogP contribution < -0.4 is 24.4 Å². The van der Waals surface area contributed by atoms with Crippen molar-refractivity contribution < 1.29 is 19.0 Å². The minimum Gasteiger partial charge on any atom is -0.493 e. The van der Waals surface area contributed by atoms with Gasteiger partial charge in [0.1, 0.15) is 6.04 Å². The van der Waals surface area contributed by atoms with E-state index in [4.69, 9.17) is 25.8 Å². The molecule has 0 N–H and O–H groups in total. The van der Waals surface area contributed by atoms with Gasteiger partial charge in [0.25, 0.3) is 5.56 Å². The largest absolute Gasteiger partial charge is 0.493 e. The number of benzene rings is 2. The Morgan fingerprint density at radius 1 is 1.22 bits per heavy atom. The molecule has 9 heteroatoms. The summed E-state index contributed by atoms with van der Waals surface area (Å²) in [6.45, 7) is 7.62. The van der Waals surface area contributed by atoms with Crippen LogP contribution in [0.1, 0.15) is 44.9 Å². The molecule has 0 saturated heterocycles. The number of para-hydroxylation sites is 1. The van der Waals surface area contributed by atoms with Crippen molar-refractivity contribution in [3.05, 3.63) is 89.6 Å². The third-order valence-electron chi connectivity index (χ3n) is 5.59. The Morgan fingerprint density at radius 3 is 2.64 bits per heavy atom. The number of carbonyl (C=O) groups excluding carboxylic acids is 1. The van der Waals surface area contributed by atoms with Crippen LogP contribution in [0.3, 0.4) is 0 Å². The molecule has 1 unspecified atom stereocenters. The van der Waals surface area contributed by atoms with E-state index in [0.717, 1.165) is 0 Å². The smallest absolute Gasteiger partial charge is 0.338 e. The van der Waals surface area contributed by atoms with E-state index in [1.165, 1.54) is 15.9 Å². The maximum absolute atomic E-state index is 13.8. The molecule has 0 amide bonds. The van der Waals surface area contributed by atoms with Crippen LogP contribution in [-0.4, -0.2) is 30.4 Å². The van der Waals surface area contributed by atoms with Crippen LogP contribution in [0.25, 0.3) is 6.08 Å². The number of thiazole rings is 1. The first-order chi connectivity index (χ1) is 17.3. The monoisotopic (exact) mass is 526 g/mol. The summed E-state index contributed by atoms with van der Waals surface area (Å²) < 4.78 is 18.7. The summed E-state index contributed by atoms with van der Waals surface area (Å²) in [7, 11) is 1.57. The predicted octanol–water partition coefficient (Wildman–Crippen LogP) is 4.25. The van der Waals surface area contributed by atoms with Gasteiger partial charge in [-0.2, -0.15) is 0 Å². The van der Waals surface area contributed by atoms with Crippen LogP contribution >= 0.6 is 22.9 Å². The number of fused-ring (bicyclic) bond motifs is 1. The number of aromatic nitrogens is 1. The lowest BCUT2D eigenvalue weighted by Gasteiger charge is -2.26. The Labute approximate surface area is 217 Å². The van der Waals surface area contributed by atoms with Gasteiger partial charge in [0.05, 0.1) is 35.6 Å². The summed E-state index contributed by atoms with van der Waals surface area (Å²) in [5.41, 5.74) is 1.79. The highest BCUT2D eigenvalue weighted by Gasteiger charge is 2.34. The minimum atomic E-state index is -0.778. The zero-order valence-electron chi connectivity index (χ0n) is 20.7. The molecule has 0 aliphatic carbocycles. The number of methoxy groups -OCH3 is 1. The number of esters is 1. The maximum Gasteiger partial charge on any atom is 0.338 e. The molecule has 1 aliphatic rings. The van der Waals surface area contributed by atoms with Gasteiger partial charge in [-0.05, 0) is 51.5 Å². The molecule has 1 aromatic heterocycles. The van der Waals surface area contributed by atoms with Crippen molar-refractivity contribution in [3.63, 3.8) is 0 Å². The molecule has 188 valence electrons. The normalized spacial score (nSPS) is 15.5. The average molecular weight is 527 g/mol. The summed E-state index contributed by atoms with van der Waals surface area (Å²) in [6.07, 6.45) is 1.42. The summed E-state index contributed by atoms with van der Waals surface area (Å²) in [6, 6.07) is 11.9. The van der Waals surface area contributed by atoms with E-state index >= 15 is 0 Å². The van der Waals surface area contributed by atoms with Crippen molar-refractivity contribution >= 4 is 35.0 Å². The quantitative estimate of drug-likeness (QED) is 0.430. The second-order valence-electron chi connectivity index (χ2n) is 8.37. The van der Waals surface area contributed by atoms with Gasteiger partial charge < -0.3 is 14.2 Å². The summed E-state index contributed by atoms with van der Waals surface area (Å²) >= 11 is 7.81. The van der Waals surface area contributed by atoms with Gasteiger partial charge in [0, 0.05) is 10.6 Å². The first-order valence-corrected chi connectivity index (χ1v) is 12.7. The molecule has 4 rings (SSSR count). The van der Waals surface area contributed by atoms with Crippen molar-refractivity contribution in [2.24, 2.45) is 4.99 Å². The highest BCUT2D eigenvalue weighted by atomic mass is 35.5. The highest BCUT2D eigenvalue weighted by Crippen LogP contribution is 2.35. The Hall–Kier alpha value is -3.36. The van der Waals surface area contributed by atoms with E-state index in [-0.39, 0.29) is 17.2 Å². The van der Waals surface area contributed by atoms with Gasteiger partial charge in [0.15, 0.2) is 16.3 Å². The Bertz CT molecular complexity index is 1520. The second-order valence-corrected chi connectivity index (χ2v) is 9.79. The van der Waals surface area contributed by atoms with Crippen LogP contribution in [0.5, 0.6) is 11.5 Å². The molecule has 3 aromatic rings.